The summed E-state index contributed by atoms with van der Waals surface area (Å²) in [6.07, 6.45) is 1.85. The second-order valence-electron chi connectivity index (χ2n) is 7.31. The Hall–Kier alpha value is -3.00. The molecule has 0 bridgehead atoms. The number of para-hydroxylation sites is 1. The van der Waals surface area contributed by atoms with Gasteiger partial charge < -0.3 is 9.80 Å². The van der Waals surface area contributed by atoms with E-state index in [0.717, 1.165) is 38.4 Å². The van der Waals surface area contributed by atoms with E-state index in [0.29, 0.717) is 29.8 Å². The summed E-state index contributed by atoms with van der Waals surface area (Å²) in [7, 11) is 0. The van der Waals surface area contributed by atoms with Crippen molar-refractivity contribution in [2.45, 2.75) is 26.8 Å². The number of amides is 1. The Kier molecular flexibility index (Phi) is 5.44. The van der Waals surface area contributed by atoms with E-state index in [2.05, 4.69) is 21.9 Å². The van der Waals surface area contributed by atoms with Gasteiger partial charge in [0.25, 0.3) is 5.56 Å². The van der Waals surface area contributed by atoms with Crippen LogP contribution in [-0.4, -0.2) is 67.8 Å². The molecule has 0 aliphatic carbocycles. The Morgan fingerprint density at radius 1 is 1.10 bits per heavy atom. The number of hydrogen-bond acceptors (Lipinski definition) is 5. The summed E-state index contributed by atoms with van der Waals surface area (Å²) in [4.78, 5) is 34.4. The van der Waals surface area contributed by atoms with Crippen molar-refractivity contribution in [3.05, 3.63) is 52.7 Å². The molecule has 8 heteroatoms. The Morgan fingerprint density at radius 2 is 1.83 bits per heavy atom. The molecule has 0 unspecified atom stereocenters. The highest BCUT2D eigenvalue weighted by Crippen LogP contribution is 2.14. The van der Waals surface area contributed by atoms with Crippen LogP contribution in [0, 0.1) is 6.92 Å². The molecular formula is C21H26N6O2. The first kappa shape index (κ1) is 19.3. The minimum absolute atomic E-state index is 0.0899. The molecule has 3 heterocycles. The van der Waals surface area contributed by atoms with Gasteiger partial charge in [0.05, 0.1) is 11.9 Å². The molecule has 0 N–H and O–H groups in total. The van der Waals surface area contributed by atoms with Crippen molar-refractivity contribution < 1.29 is 4.79 Å². The zero-order valence-electron chi connectivity index (χ0n) is 16.9. The third-order valence-corrected chi connectivity index (χ3v) is 5.60. The normalized spacial score (nSPS) is 15.2. The molecule has 0 spiro atoms. The second-order valence-corrected chi connectivity index (χ2v) is 7.31. The number of benzene rings is 1. The van der Waals surface area contributed by atoms with Crippen LogP contribution in [0.4, 0.5) is 0 Å². The van der Waals surface area contributed by atoms with Crippen LogP contribution in [0.5, 0.6) is 0 Å². The van der Waals surface area contributed by atoms with Gasteiger partial charge in [0.15, 0.2) is 5.65 Å². The molecule has 1 saturated heterocycles. The molecule has 152 valence electrons. The fourth-order valence-electron chi connectivity index (χ4n) is 3.81. The molecule has 1 fully saturated rings. The minimum atomic E-state index is -0.154. The van der Waals surface area contributed by atoms with Crippen molar-refractivity contribution in [3.63, 3.8) is 0 Å². The minimum Gasteiger partial charge on any atom is -0.340 e. The molecule has 0 saturated carbocycles. The average molecular weight is 394 g/mol. The summed E-state index contributed by atoms with van der Waals surface area (Å²) in [5.74, 6) is 0.677. The fraction of sp³-hybridized carbons (Fsp3) is 0.429. The highest BCUT2D eigenvalue weighted by atomic mass is 16.2. The molecule has 2 aromatic heterocycles. The smallest absolute Gasteiger partial charge is 0.264 e. The van der Waals surface area contributed by atoms with Gasteiger partial charge in [-0.2, -0.15) is 5.10 Å². The first-order chi connectivity index (χ1) is 14.1. The van der Waals surface area contributed by atoms with Crippen molar-refractivity contribution in [1.82, 2.24) is 29.1 Å². The number of carbonyl (C=O) groups is 1. The van der Waals surface area contributed by atoms with Gasteiger partial charge >= 0.3 is 0 Å². The predicted octanol–water partition coefficient (Wildman–Crippen LogP) is 1.44. The predicted molar refractivity (Wildman–Crippen MR) is 111 cm³/mol. The van der Waals surface area contributed by atoms with Crippen LogP contribution in [0.15, 0.2) is 41.3 Å². The number of carbonyl (C=O) groups excluding carboxylic acids is 1. The SMILES string of the molecule is CCN1CCN(C(=O)CCn2c(C)nc3c(cnn3-c3ccccc3)c2=O)CC1. The third-order valence-electron chi connectivity index (χ3n) is 5.60. The van der Waals surface area contributed by atoms with E-state index in [1.807, 2.05) is 35.2 Å². The molecular weight excluding hydrogens is 368 g/mol. The summed E-state index contributed by atoms with van der Waals surface area (Å²) in [5, 5.41) is 4.81. The largest absolute Gasteiger partial charge is 0.340 e. The highest BCUT2D eigenvalue weighted by Gasteiger charge is 2.21. The lowest BCUT2D eigenvalue weighted by Gasteiger charge is -2.34. The maximum Gasteiger partial charge on any atom is 0.264 e. The maximum atomic E-state index is 13.0. The van der Waals surface area contributed by atoms with Crippen LogP contribution in [0.1, 0.15) is 19.2 Å². The molecule has 1 aromatic carbocycles. The number of rotatable bonds is 5. The Labute approximate surface area is 169 Å². The third kappa shape index (κ3) is 3.80. The Bertz CT molecular complexity index is 1060. The van der Waals surface area contributed by atoms with Gasteiger partial charge in [-0.3, -0.25) is 14.2 Å². The lowest BCUT2D eigenvalue weighted by atomic mass is 10.2. The number of nitrogens with zero attached hydrogens (tertiary/aromatic N) is 6. The van der Waals surface area contributed by atoms with Crippen molar-refractivity contribution in [3.8, 4) is 5.69 Å². The molecule has 0 radical (unpaired) electrons. The highest BCUT2D eigenvalue weighted by molar-refractivity contribution is 5.77. The van der Waals surface area contributed by atoms with Crippen molar-refractivity contribution in [2.75, 3.05) is 32.7 Å². The monoisotopic (exact) mass is 394 g/mol. The zero-order chi connectivity index (χ0) is 20.4. The standard InChI is InChI=1S/C21H26N6O2/c1-3-24-11-13-25(14-12-24)19(28)9-10-26-16(2)23-20-18(21(26)29)15-22-27(20)17-7-5-4-6-8-17/h4-8,15H,3,9-14H2,1-2H3. The number of piperazine rings is 1. The average Bonchev–Trinajstić information content (AvgIpc) is 3.18. The molecule has 1 aliphatic rings. The van der Waals surface area contributed by atoms with Crippen LogP contribution in [0.25, 0.3) is 16.7 Å². The summed E-state index contributed by atoms with van der Waals surface area (Å²) >= 11 is 0. The number of likely N-dealkylation sites (N-methyl/N-ethyl adjacent to an activating group) is 1. The second kappa shape index (κ2) is 8.16. The molecule has 1 aliphatic heterocycles. The van der Waals surface area contributed by atoms with E-state index in [-0.39, 0.29) is 11.5 Å². The molecule has 4 rings (SSSR count). The fourth-order valence-corrected chi connectivity index (χ4v) is 3.81. The van der Waals surface area contributed by atoms with Gasteiger partial charge in [0, 0.05) is 39.1 Å². The number of aromatic nitrogens is 4. The first-order valence-electron chi connectivity index (χ1n) is 10.1. The summed E-state index contributed by atoms with van der Waals surface area (Å²) in [5.41, 5.74) is 1.24. The lowest BCUT2D eigenvalue weighted by Crippen LogP contribution is -2.48. The maximum absolute atomic E-state index is 13.0. The van der Waals surface area contributed by atoms with E-state index < -0.39 is 0 Å². The molecule has 0 atom stereocenters. The summed E-state index contributed by atoms with van der Waals surface area (Å²) in [6.45, 7) is 8.60. The Balaban J connectivity index is 1.53. The quantitative estimate of drug-likeness (QED) is 0.655. The lowest BCUT2D eigenvalue weighted by molar-refractivity contribution is -0.133. The first-order valence-corrected chi connectivity index (χ1v) is 10.1. The van der Waals surface area contributed by atoms with Crippen molar-refractivity contribution in [1.29, 1.82) is 0 Å². The van der Waals surface area contributed by atoms with E-state index >= 15 is 0 Å². The van der Waals surface area contributed by atoms with Gasteiger partial charge in [-0.15, -0.1) is 0 Å². The van der Waals surface area contributed by atoms with E-state index in [1.165, 1.54) is 0 Å². The molecule has 3 aromatic rings. The number of fused-ring (bicyclic) bond motifs is 1. The van der Waals surface area contributed by atoms with Crippen LogP contribution in [0.2, 0.25) is 0 Å². The van der Waals surface area contributed by atoms with Crippen LogP contribution in [-0.2, 0) is 11.3 Å². The van der Waals surface area contributed by atoms with Crippen LogP contribution < -0.4 is 5.56 Å². The van der Waals surface area contributed by atoms with Crippen LogP contribution in [0.3, 0.4) is 0 Å². The molecule has 29 heavy (non-hydrogen) atoms. The van der Waals surface area contributed by atoms with E-state index in [4.69, 9.17) is 0 Å². The summed E-state index contributed by atoms with van der Waals surface area (Å²) < 4.78 is 3.26. The van der Waals surface area contributed by atoms with Gasteiger partial charge in [0.2, 0.25) is 5.91 Å². The topological polar surface area (TPSA) is 76.3 Å². The summed E-state index contributed by atoms with van der Waals surface area (Å²) in [6, 6.07) is 9.61. The van der Waals surface area contributed by atoms with Gasteiger partial charge in [-0.1, -0.05) is 25.1 Å². The number of hydrogen-bond donors (Lipinski definition) is 0. The zero-order valence-corrected chi connectivity index (χ0v) is 16.9. The molecule has 8 nitrogen and oxygen atoms in total. The van der Waals surface area contributed by atoms with Crippen molar-refractivity contribution >= 4 is 16.9 Å². The molecule has 1 amide bonds. The van der Waals surface area contributed by atoms with Gasteiger partial charge in [-0.05, 0) is 25.6 Å². The number of aryl methyl sites for hydroxylation is 1. The van der Waals surface area contributed by atoms with E-state index in [9.17, 15) is 9.59 Å². The van der Waals surface area contributed by atoms with Gasteiger partial charge in [-0.25, -0.2) is 9.67 Å². The van der Waals surface area contributed by atoms with Crippen LogP contribution >= 0.6 is 0 Å². The van der Waals surface area contributed by atoms with Gasteiger partial charge in [0.1, 0.15) is 11.2 Å². The van der Waals surface area contributed by atoms with E-state index in [1.54, 1.807) is 22.4 Å². The Morgan fingerprint density at radius 3 is 2.52 bits per heavy atom. The van der Waals surface area contributed by atoms with Crippen molar-refractivity contribution in [2.24, 2.45) is 0 Å².